The van der Waals surface area contributed by atoms with Gasteiger partial charge >= 0.3 is 5.97 Å². The molecule has 0 saturated heterocycles. The number of hydrogen-bond acceptors (Lipinski definition) is 2. The Bertz CT molecular complexity index is 669. The van der Waals surface area contributed by atoms with Gasteiger partial charge in [0.05, 0.1) is 0 Å². The molecule has 0 radical (unpaired) electrons. The Morgan fingerprint density at radius 3 is 2.18 bits per heavy atom. The van der Waals surface area contributed by atoms with E-state index in [9.17, 15) is 9.90 Å². The van der Waals surface area contributed by atoms with Crippen molar-refractivity contribution in [2.45, 2.75) is 40.2 Å². The first-order chi connectivity index (χ1) is 10.3. The number of ether oxygens (including phenoxy) is 1. The number of benzene rings is 2. The van der Waals surface area contributed by atoms with Crippen molar-refractivity contribution in [1.29, 1.82) is 0 Å². The van der Waals surface area contributed by atoms with Crippen LogP contribution in [-0.4, -0.2) is 17.2 Å². The molecule has 3 heteroatoms. The molecule has 0 bridgehead atoms. The quantitative estimate of drug-likeness (QED) is 0.907. The third-order valence-electron chi connectivity index (χ3n) is 3.65. The molecule has 1 unspecified atom stereocenters. The predicted molar refractivity (Wildman–Crippen MR) is 87.6 cm³/mol. The van der Waals surface area contributed by atoms with Gasteiger partial charge in [-0.15, -0.1) is 0 Å². The lowest BCUT2D eigenvalue weighted by Crippen LogP contribution is -2.29. The summed E-state index contributed by atoms with van der Waals surface area (Å²) in [5, 5.41) is 9.45. The van der Waals surface area contributed by atoms with Gasteiger partial charge in [0.25, 0.3) is 0 Å². The molecule has 1 N–H and O–H groups in total. The molecule has 2 rings (SSSR count). The summed E-state index contributed by atoms with van der Waals surface area (Å²) in [6, 6.07) is 11.8. The maximum atomic E-state index is 11.5. The fourth-order valence-corrected chi connectivity index (χ4v) is 2.62. The van der Waals surface area contributed by atoms with Crippen LogP contribution in [0.3, 0.4) is 0 Å². The SMILES string of the molecule is Cc1cc(C)cc(OC(Cc2ccc(C)cc2C)C(=O)O)c1. The molecule has 0 aliphatic carbocycles. The van der Waals surface area contributed by atoms with Crippen LogP contribution in [0.1, 0.15) is 27.8 Å². The van der Waals surface area contributed by atoms with Crippen molar-refractivity contribution in [2.75, 3.05) is 0 Å². The first-order valence-corrected chi connectivity index (χ1v) is 7.39. The van der Waals surface area contributed by atoms with E-state index in [1.54, 1.807) is 0 Å². The molecule has 1 atom stereocenters. The van der Waals surface area contributed by atoms with Gasteiger partial charge in [-0.3, -0.25) is 0 Å². The standard InChI is InChI=1S/C19H22O3/c1-12-5-6-16(15(4)8-12)11-18(19(20)21)22-17-9-13(2)7-14(3)10-17/h5-10,18H,11H2,1-4H3,(H,20,21). The van der Waals surface area contributed by atoms with Gasteiger partial charge in [0, 0.05) is 6.42 Å². The lowest BCUT2D eigenvalue weighted by atomic mass is 10.0. The van der Waals surface area contributed by atoms with E-state index >= 15 is 0 Å². The second-order valence-electron chi connectivity index (χ2n) is 5.90. The average molecular weight is 298 g/mol. The molecular formula is C19H22O3. The molecule has 116 valence electrons. The number of carboxylic acid groups (broad SMARTS) is 1. The van der Waals surface area contributed by atoms with E-state index in [4.69, 9.17) is 4.74 Å². The molecule has 0 aliphatic heterocycles. The van der Waals surface area contributed by atoms with Crippen LogP contribution in [0.4, 0.5) is 0 Å². The minimum absolute atomic E-state index is 0.356. The molecule has 0 spiro atoms. The van der Waals surface area contributed by atoms with Crippen molar-refractivity contribution in [1.82, 2.24) is 0 Å². The normalized spacial score (nSPS) is 12.0. The lowest BCUT2D eigenvalue weighted by Gasteiger charge is -2.17. The Morgan fingerprint density at radius 1 is 1.00 bits per heavy atom. The van der Waals surface area contributed by atoms with Crippen molar-refractivity contribution in [3.63, 3.8) is 0 Å². The Morgan fingerprint density at radius 2 is 1.64 bits per heavy atom. The molecule has 0 aromatic heterocycles. The van der Waals surface area contributed by atoms with Gasteiger partial charge in [-0.1, -0.05) is 29.8 Å². The first-order valence-electron chi connectivity index (χ1n) is 7.39. The van der Waals surface area contributed by atoms with Crippen LogP contribution in [0, 0.1) is 27.7 Å². The number of carbonyl (C=O) groups is 1. The molecule has 0 saturated carbocycles. The van der Waals surface area contributed by atoms with E-state index < -0.39 is 12.1 Å². The molecule has 2 aromatic rings. The maximum Gasteiger partial charge on any atom is 0.345 e. The highest BCUT2D eigenvalue weighted by Crippen LogP contribution is 2.20. The number of aryl methyl sites for hydroxylation is 4. The summed E-state index contributed by atoms with van der Waals surface area (Å²) in [6.07, 6.45) is -0.531. The third-order valence-corrected chi connectivity index (χ3v) is 3.65. The summed E-state index contributed by atoms with van der Waals surface area (Å²) in [7, 11) is 0. The van der Waals surface area contributed by atoms with E-state index in [2.05, 4.69) is 6.07 Å². The summed E-state index contributed by atoms with van der Waals surface area (Å²) in [6.45, 7) is 7.97. The van der Waals surface area contributed by atoms with E-state index in [0.717, 1.165) is 22.3 Å². The van der Waals surface area contributed by atoms with Crippen molar-refractivity contribution in [3.05, 3.63) is 64.2 Å². The molecule has 0 heterocycles. The van der Waals surface area contributed by atoms with Gasteiger partial charge in [0.1, 0.15) is 5.75 Å². The minimum Gasteiger partial charge on any atom is -0.478 e. The second-order valence-corrected chi connectivity index (χ2v) is 5.90. The van der Waals surface area contributed by atoms with Crippen LogP contribution in [0.5, 0.6) is 5.75 Å². The molecule has 0 fully saturated rings. The molecule has 0 amide bonds. The molecule has 22 heavy (non-hydrogen) atoms. The zero-order valence-electron chi connectivity index (χ0n) is 13.5. The van der Waals surface area contributed by atoms with Crippen LogP contribution in [0.15, 0.2) is 36.4 Å². The number of hydrogen-bond donors (Lipinski definition) is 1. The minimum atomic E-state index is -0.945. The number of carboxylic acids is 1. The summed E-state index contributed by atoms with van der Waals surface area (Å²) >= 11 is 0. The summed E-state index contributed by atoms with van der Waals surface area (Å²) in [5.74, 6) is -0.339. The van der Waals surface area contributed by atoms with Crippen molar-refractivity contribution >= 4 is 5.97 Å². The van der Waals surface area contributed by atoms with Crippen molar-refractivity contribution in [3.8, 4) is 5.75 Å². The van der Waals surface area contributed by atoms with Gasteiger partial charge in [-0.2, -0.15) is 0 Å². The summed E-state index contributed by atoms with van der Waals surface area (Å²) in [4.78, 5) is 11.5. The predicted octanol–water partition coefficient (Wildman–Crippen LogP) is 3.99. The van der Waals surface area contributed by atoms with Crippen LogP contribution in [-0.2, 0) is 11.2 Å². The fourth-order valence-electron chi connectivity index (χ4n) is 2.62. The van der Waals surface area contributed by atoms with Crippen molar-refractivity contribution in [2.24, 2.45) is 0 Å². The maximum absolute atomic E-state index is 11.5. The second kappa shape index (κ2) is 6.65. The van der Waals surface area contributed by atoms with Crippen molar-refractivity contribution < 1.29 is 14.6 Å². The molecule has 0 aliphatic rings. The third kappa shape index (κ3) is 4.10. The molecule has 2 aromatic carbocycles. The highest BCUT2D eigenvalue weighted by molar-refractivity contribution is 5.73. The van der Waals surface area contributed by atoms with Crippen LogP contribution >= 0.6 is 0 Å². The Hall–Kier alpha value is -2.29. The van der Waals surface area contributed by atoms with Gasteiger partial charge in [-0.05, 0) is 62.1 Å². The van der Waals surface area contributed by atoms with Gasteiger partial charge in [0.2, 0.25) is 0 Å². The molecule has 3 nitrogen and oxygen atoms in total. The fraction of sp³-hybridized carbons (Fsp3) is 0.316. The van der Waals surface area contributed by atoms with Gasteiger partial charge in [-0.25, -0.2) is 4.79 Å². The average Bonchev–Trinajstić information content (AvgIpc) is 2.39. The molecular weight excluding hydrogens is 276 g/mol. The zero-order chi connectivity index (χ0) is 16.3. The zero-order valence-corrected chi connectivity index (χ0v) is 13.5. The van der Waals surface area contributed by atoms with Gasteiger partial charge in [0.15, 0.2) is 6.10 Å². The van der Waals surface area contributed by atoms with Crippen LogP contribution in [0.25, 0.3) is 0 Å². The number of aliphatic carboxylic acids is 1. The van der Waals surface area contributed by atoms with Crippen LogP contribution in [0.2, 0.25) is 0 Å². The van der Waals surface area contributed by atoms with E-state index in [1.807, 2.05) is 58.0 Å². The Labute approximate surface area is 131 Å². The highest BCUT2D eigenvalue weighted by Gasteiger charge is 2.21. The first kappa shape index (κ1) is 16.1. The summed E-state index contributed by atoms with van der Waals surface area (Å²) in [5.41, 5.74) is 5.39. The highest BCUT2D eigenvalue weighted by atomic mass is 16.5. The Balaban J connectivity index is 2.21. The lowest BCUT2D eigenvalue weighted by molar-refractivity contribution is -0.145. The largest absolute Gasteiger partial charge is 0.478 e. The monoisotopic (exact) mass is 298 g/mol. The van der Waals surface area contributed by atoms with Crippen LogP contribution < -0.4 is 4.74 Å². The topological polar surface area (TPSA) is 46.5 Å². The summed E-state index contributed by atoms with van der Waals surface area (Å²) < 4.78 is 5.73. The van der Waals surface area contributed by atoms with E-state index in [1.165, 1.54) is 5.56 Å². The number of rotatable bonds is 5. The van der Waals surface area contributed by atoms with E-state index in [0.29, 0.717) is 12.2 Å². The smallest absolute Gasteiger partial charge is 0.345 e. The van der Waals surface area contributed by atoms with E-state index in [-0.39, 0.29) is 0 Å². The Kier molecular flexibility index (Phi) is 4.86. The van der Waals surface area contributed by atoms with Gasteiger partial charge < -0.3 is 9.84 Å².